The van der Waals surface area contributed by atoms with E-state index >= 15 is 0 Å². The molecule has 23 heavy (non-hydrogen) atoms. The number of ether oxygens (including phenoxy) is 2. The molecule has 0 fully saturated rings. The Morgan fingerprint density at radius 3 is 2.04 bits per heavy atom. The summed E-state index contributed by atoms with van der Waals surface area (Å²) in [4.78, 5) is 37.9. The number of amides is 2. The van der Waals surface area contributed by atoms with E-state index in [1.165, 1.54) is 30.0 Å². The van der Waals surface area contributed by atoms with Crippen LogP contribution in [0.2, 0.25) is 0 Å². The molecule has 1 atom stereocenters. The van der Waals surface area contributed by atoms with Crippen molar-refractivity contribution in [2.24, 2.45) is 0 Å². The molecule has 0 N–H and O–H groups in total. The molecule has 7 nitrogen and oxygen atoms in total. The van der Waals surface area contributed by atoms with Crippen LogP contribution in [-0.4, -0.2) is 67.7 Å². The second kappa shape index (κ2) is 9.17. The molecule has 0 unspecified atom stereocenters. The molecular weight excluding hydrogens is 300 g/mol. The molecule has 0 saturated heterocycles. The number of hydrogen-bond donors (Lipinski definition) is 0. The van der Waals surface area contributed by atoms with Gasteiger partial charge in [-0.25, -0.2) is 9.59 Å². The van der Waals surface area contributed by atoms with Gasteiger partial charge in [0.25, 0.3) is 0 Å². The van der Waals surface area contributed by atoms with Crippen molar-refractivity contribution >= 4 is 18.0 Å². The maximum atomic E-state index is 12.1. The maximum Gasteiger partial charge on any atom is 0.410 e. The number of nitrogens with zero attached hydrogens (tertiary/aromatic N) is 2. The number of allylic oxidation sites excluding steroid dienone is 1. The summed E-state index contributed by atoms with van der Waals surface area (Å²) in [5.41, 5.74) is -0.670. The molecule has 0 aliphatic heterocycles. The lowest BCUT2D eigenvalue weighted by Crippen LogP contribution is -2.37. The van der Waals surface area contributed by atoms with E-state index in [0.717, 1.165) is 0 Å². The minimum Gasteiger partial charge on any atom is -0.457 e. The highest BCUT2D eigenvalue weighted by atomic mass is 16.6. The summed E-state index contributed by atoms with van der Waals surface area (Å²) in [6, 6.07) is 0. The summed E-state index contributed by atoms with van der Waals surface area (Å²) >= 11 is 0. The summed E-state index contributed by atoms with van der Waals surface area (Å²) in [6.45, 7) is 5.22. The van der Waals surface area contributed by atoms with Crippen molar-refractivity contribution in [3.63, 3.8) is 0 Å². The molecule has 0 spiro atoms. The third kappa shape index (κ3) is 9.55. The van der Waals surface area contributed by atoms with Crippen molar-refractivity contribution in [3.8, 4) is 0 Å². The summed E-state index contributed by atoms with van der Waals surface area (Å²) in [5.74, 6) is -0.746. The largest absolute Gasteiger partial charge is 0.457 e. The minimum absolute atomic E-state index is 0.149. The average Bonchev–Trinajstić information content (AvgIpc) is 2.39. The van der Waals surface area contributed by atoms with Gasteiger partial charge in [0, 0.05) is 28.2 Å². The van der Waals surface area contributed by atoms with Crippen molar-refractivity contribution in [2.75, 3.05) is 28.2 Å². The molecule has 0 aromatic rings. The van der Waals surface area contributed by atoms with Crippen LogP contribution >= 0.6 is 0 Å². The first-order chi connectivity index (χ1) is 10.4. The van der Waals surface area contributed by atoms with Gasteiger partial charge in [-0.2, -0.15) is 0 Å². The molecule has 0 aliphatic rings. The monoisotopic (exact) mass is 328 g/mol. The summed E-state index contributed by atoms with van der Waals surface area (Å²) < 4.78 is 10.4. The van der Waals surface area contributed by atoms with Crippen molar-refractivity contribution < 1.29 is 23.9 Å². The molecular formula is C16H28N2O5. The van der Waals surface area contributed by atoms with Crippen LogP contribution in [0.3, 0.4) is 0 Å². The molecule has 0 aromatic heterocycles. The Bertz CT molecular complexity index is 450. The normalized spacial score (nSPS) is 12.7. The second-order valence-electron chi connectivity index (χ2n) is 6.51. The molecule has 0 radical (unpaired) electrons. The third-order valence-corrected chi connectivity index (χ3v) is 2.57. The second-order valence-corrected chi connectivity index (χ2v) is 6.51. The van der Waals surface area contributed by atoms with Crippen LogP contribution in [0.5, 0.6) is 0 Å². The molecule has 132 valence electrons. The highest BCUT2D eigenvalue weighted by molar-refractivity contribution is 5.87. The van der Waals surface area contributed by atoms with E-state index in [9.17, 15) is 14.4 Å². The Hall–Kier alpha value is -2.05. The number of rotatable bonds is 6. The van der Waals surface area contributed by atoms with Gasteiger partial charge >= 0.3 is 12.1 Å². The fourth-order valence-corrected chi connectivity index (χ4v) is 1.40. The molecule has 0 aromatic carbocycles. The minimum atomic E-state index is -1.01. The van der Waals surface area contributed by atoms with E-state index in [-0.39, 0.29) is 12.3 Å². The molecule has 0 heterocycles. The van der Waals surface area contributed by atoms with E-state index in [0.29, 0.717) is 6.42 Å². The van der Waals surface area contributed by atoms with Crippen LogP contribution in [0.1, 0.15) is 33.6 Å². The molecule has 0 aliphatic carbocycles. The quantitative estimate of drug-likeness (QED) is 0.549. The van der Waals surface area contributed by atoms with Crippen LogP contribution in [0.25, 0.3) is 0 Å². The first-order valence-electron chi connectivity index (χ1n) is 7.42. The lowest BCUT2D eigenvalue weighted by Gasteiger charge is -2.24. The Morgan fingerprint density at radius 1 is 1.04 bits per heavy atom. The zero-order valence-electron chi connectivity index (χ0n) is 15.1. The first-order valence-corrected chi connectivity index (χ1v) is 7.42. The van der Waals surface area contributed by atoms with Gasteiger partial charge in [-0.1, -0.05) is 6.08 Å². The average molecular weight is 328 g/mol. The van der Waals surface area contributed by atoms with E-state index in [1.54, 1.807) is 40.9 Å². The van der Waals surface area contributed by atoms with Crippen molar-refractivity contribution in [1.29, 1.82) is 0 Å². The molecule has 7 heteroatoms. The number of likely N-dealkylation sites (N-methyl/N-ethyl adjacent to an activating group) is 1. The Kier molecular flexibility index (Phi) is 8.35. The Labute approximate surface area is 138 Å². The predicted octanol–water partition coefficient (Wildman–Crippen LogP) is 1.82. The van der Waals surface area contributed by atoms with E-state index in [2.05, 4.69) is 0 Å². The standard InChI is InChI=1S/C16H28N2O5/c1-16(2,3)23-14(20)12(22-15(21)18(6)7)10-8-9-11-13(19)17(4)5/h9,11-12H,8,10H2,1-7H3/b11-9+/t12-/m0/s1. The van der Waals surface area contributed by atoms with E-state index in [1.807, 2.05) is 0 Å². The number of hydrogen-bond acceptors (Lipinski definition) is 5. The van der Waals surface area contributed by atoms with E-state index < -0.39 is 23.8 Å². The summed E-state index contributed by atoms with van der Waals surface area (Å²) in [5, 5.41) is 0. The highest BCUT2D eigenvalue weighted by Gasteiger charge is 2.28. The Balaban J connectivity index is 4.76. The molecule has 0 saturated carbocycles. The highest BCUT2D eigenvalue weighted by Crippen LogP contribution is 2.14. The SMILES string of the molecule is CN(C)C(=O)/C=C/CC[C@H](OC(=O)N(C)C)C(=O)OC(C)(C)C. The van der Waals surface area contributed by atoms with Gasteiger partial charge in [0.15, 0.2) is 0 Å². The fraction of sp³-hybridized carbons (Fsp3) is 0.688. The molecule has 0 rings (SSSR count). The van der Waals surface area contributed by atoms with Crippen LogP contribution < -0.4 is 0 Å². The van der Waals surface area contributed by atoms with Gasteiger partial charge in [0.2, 0.25) is 12.0 Å². The van der Waals surface area contributed by atoms with Crippen LogP contribution in [0.15, 0.2) is 12.2 Å². The predicted molar refractivity (Wildman–Crippen MR) is 86.9 cm³/mol. The maximum absolute atomic E-state index is 12.1. The fourth-order valence-electron chi connectivity index (χ4n) is 1.40. The Morgan fingerprint density at radius 2 is 1.61 bits per heavy atom. The third-order valence-electron chi connectivity index (χ3n) is 2.57. The van der Waals surface area contributed by atoms with Gasteiger partial charge < -0.3 is 19.3 Å². The van der Waals surface area contributed by atoms with Gasteiger partial charge in [0.1, 0.15) is 5.60 Å². The summed E-state index contributed by atoms with van der Waals surface area (Å²) in [7, 11) is 6.36. The van der Waals surface area contributed by atoms with Gasteiger partial charge in [-0.05, 0) is 39.7 Å². The topological polar surface area (TPSA) is 76.2 Å². The van der Waals surface area contributed by atoms with Gasteiger partial charge in [-0.3, -0.25) is 4.79 Å². The van der Waals surface area contributed by atoms with E-state index in [4.69, 9.17) is 9.47 Å². The van der Waals surface area contributed by atoms with Crippen molar-refractivity contribution in [3.05, 3.63) is 12.2 Å². The molecule has 0 bridgehead atoms. The number of esters is 1. The van der Waals surface area contributed by atoms with Gasteiger partial charge in [0.05, 0.1) is 0 Å². The lowest BCUT2D eigenvalue weighted by atomic mass is 10.1. The van der Waals surface area contributed by atoms with Crippen molar-refractivity contribution in [1.82, 2.24) is 9.80 Å². The zero-order valence-corrected chi connectivity index (χ0v) is 15.1. The smallest absolute Gasteiger partial charge is 0.410 e. The van der Waals surface area contributed by atoms with Crippen LogP contribution in [0.4, 0.5) is 4.79 Å². The number of carbonyl (C=O) groups excluding carboxylic acids is 3. The zero-order chi connectivity index (χ0) is 18.2. The van der Waals surface area contributed by atoms with Crippen LogP contribution in [-0.2, 0) is 19.1 Å². The van der Waals surface area contributed by atoms with Crippen molar-refractivity contribution in [2.45, 2.75) is 45.3 Å². The van der Waals surface area contributed by atoms with Crippen LogP contribution in [0, 0.1) is 0 Å². The van der Waals surface area contributed by atoms with Gasteiger partial charge in [-0.15, -0.1) is 0 Å². The molecule has 2 amide bonds. The first kappa shape index (κ1) is 20.9. The lowest BCUT2D eigenvalue weighted by molar-refractivity contribution is -0.165. The summed E-state index contributed by atoms with van der Waals surface area (Å²) in [6.07, 6.45) is 2.08. The number of carbonyl (C=O) groups is 3.